The molecular weight excluding hydrogens is 296 g/mol. The van der Waals surface area contributed by atoms with E-state index in [2.05, 4.69) is 5.32 Å². The van der Waals surface area contributed by atoms with Crippen LogP contribution in [-0.4, -0.2) is 14.3 Å². The number of nitrogens with one attached hydrogen (secondary N) is 1. The number of primary sulfonamides is 1. The highest BCUT2D eigenvalue weighted by molar-refractivity contribution is 7.89. The Morgan fingerprint density at radius 2 is 1.80 bits per heavy atom. The number of carbonyl (C=O) groups is 1. The quantitative estimate of drug-likeness (QED) is 0.911. The first-order valence-corrected chi connectivity index (χ1v) is 8.20. The molecule has 0 saturated heterocycles. The maximum Gasteiger partial charge on any atom is 0.256 e. The summed E-state index contributed by atoms with van der Waals surface area (Å²) in [5, 5.41) is 9.54. The SMILES string of the molecule is Cc1scc(C(=O)Nc2ccc(S(N)(=O)=O)cc2)c1C. The number of amides is 1. The van der Waals surface area contributed by atoms with Crippen molar-refractivity contribution in [2.24, 2.45) is 5.14 Å². The molecule has 0 aliphatic carbocycles. The van der Waals surface area contributed by atoms with Crippen LogP contribution in [0.4, 0.5) is 5.69 Å². The fourth-order valence-electron chi connectivity index (χ4n) is 1.66. The van der Waals surface area contributed by atoms with Gasteiger partial charge in [-0.15, -0.1) is 11.3 Å². The Hall–Kier alpha value is -1.70. The summed E-state index contributed by atoms with van der Waals surface area (Å²) >= 11 is 1.52. The standard InChI is InChI=1S/C13H14N2O3S2/c1-8-9(2)19-7-12(8)13(16)15-10-3-5-11(6-4-10)20(14,17)18/h3-7H,1-2H3,(H,15,16)(H2,14,17,18). The number of benzene rings is 1. The normalized spacial score (nSPS) is 11.3. The fraction of sp³-hybridized carbons (Fsp3) is 0.154. The van der Waals surface area contributed by atoms with Gasteiger partial charge >= 0.3 is 0 Å². The topological polar surface area (TPSA) is 89.3 Å². The van der Waals surface area contributed by atoms with Crippen LogP contribution in [0.5, 0.6) is 0 Å². The van der Waals surface area contributed by atoms with Crippen LogP contribution in [0.15, 0.2) is 34.5 Å². The lowest BCUT2D eigenvalue weighted by molar-refractivity contribution is 0.102. The van der Waals surface area contributed by atoms with E-state index in [0.29, 0.717) is 11.3 Å². The van der Waals surface area contributed by atoms with E-state index >= 15 is 0 Å². The minimum atomic E-state index is -3.71. The molecule has 0 radical (unpaired) electrons. The van der Waals surface area contributed by atoms with Gasteiger partial charge in [0.05, 0.1) is 10.5 Å². The summed E-state index contributed by atoms with van der Waals surface area (Å²) in [4.78, 5) is 13.2. The first-order valence-electron chi connectivity index (χ1n) is 5.78. The molecule has 2 rings (SSSR count). The Balaban J connectivity index is 2.19. The summed E-state index contributed by atoms with van der Waals surface area (Å²) in [5.74, 6) is -0.213. The van der Waals surface area contributed by atoms with Crippen LogP contribution in [0.1, 0.15) is 20.8 Å². The molecule has 0 saturated carbocycles. The molecule has 1 aromatic heterocycles. The molecular formula is C13H14N2O3S2. The van der Waals surface area contributed by atoms with Gasteiger partial charge in [-0.05, 0) is 43.7 Å². The third-order valence-electron chi connectivity index (χ3n) is 2.97. The van der Waals surface area contributed by atoms with Crippen molar-refractivity contribution in [2.45, 2.75) is 18.7 Å². The van der Waals surface area contributed by atoms with Crippen molar-refractivity contribution in [1.82, 2.24) is 0 Å². The number of carbonyl (C=O) groups excluding carboxylic acids is 1. The third kappa shape index (κ3) is 3.06. The molecule has 1 amide bonds. The van der Waals surface area contributed by atoms with Crippen LogP contribution in [0.2, 0.25) is 0 Å². The molecule has 0 aliphatic rings. The Bertz CT molecular complexity index is 746. The molecule has 1 heterocycles. The Morgan fingerprint density at radius 3 is 2.25 bits per heavy atom. The van der Waals surface area contributed by atoms with E-state index in [4.69, 9.17) is 5.14 Å². The Kier molecular flexibility index (Phi) is 3.94. The predicted molar refractivity (Wildman–Crippen MR) is 79.6 cm³/mol. The van der Waals surface area contributed by atoms with Gasteiger partial charge in [0.15, 0.2) is 0 Å². The zero-order chi connectivity index (χ0) is 14.9. The molecule has 106 valence electrons. The average molecular weight is 310 g/mol. The molecule has 0 spiro atoms. The van der Waals surface area contributed by atoms with E-state index in [1.54, 1.807) is 5.38 Å². The van der Waals surface area contributed by atoms with Gasteiger partial charge in [0, 0.05) is 15.9 Å². The molecule has 0 fully saturated rings. The summed E-state index contributed by atoms with van der Waals surface area (Å²) in [6.07, 6.45) is 0. The van der Waals surface area contributed by atoms with Crippen LogP contribution < -0.4 is 10.5 Å². The molecule has 0 bridgehead atoms. The largest absolute Gasteiger partial charge is 0.322 e. The maximum absolute atomic E-state index is 12.1. The summed E-state index contributed by atoms with van der Waals surface area (Å²) in [6, 6.07) is 5.73. The summed E-state index contributed by atoms with van der Waals surface area (Å²) in [6.45, 7) is 3.85. The van der Waals surface area contributed by atoms with Crippen molar-refractivity contribution in [3.63, 3.8) is 0 Å². The molecule has 1 aromatic carbocycles. The molecule has 20 heavy (non-hydrogen) atoms. The number of sulfonamides is 1. The predicted octanol–water partition coefficient (Wildman–Crippen LogP) is 2.26. The lowest BCUT2D eigenvalue weighted by Gasteiger charge is -2.06. The van der Waals surface area contributed by atoms with Crippen LogP contribution in [0.3, 0.4) is 0 Å². The first-order chi connectivity index (χ1) is 9.29. The minimum absolute atomic E-state index is 0.0121. The lowest BCUT2D eigenvalue weighted by atomic mass is 10.1. The van der Waals surface area contributed by atoms with Gasteiger partial charge in [0.1, 0.15) is 0 Å². The van der Waals surface area contributed by atoms with Gasteiger partial charge in [-0.25, -0.2) is 13.6 Å². The van der Waals surface area contributed by atoms with Crippen LogP contribution in [0.25, 0.3) is 0 Å². The highest BCUT2D eigenvalue weighted by Crippen LogP contribution is 2.22. The van der Waals surface area contributed by atoms with Gasteiger partial charge in [0.2, 0.25) is 10.0 Å². The second-order valence-corrected chi connectivity index (χ2v) is 7.00. The van der Waals surface area contributed by atoms with Gasteiger partial charge < -0.3 is 5.32 Å². The first kappa shape index (κ1) is 14.7. The number of anilines is 1. The molecule has 3 N–H and O–H groups in total. The number of thiophene rings is 1. The number of nitrogens with two attached hydrogens (primary N) is 1. The molecule has 5 nitrogen and oxygen atoms in total. The number of aryl methyl sites for hydroxylation is 1. The average Bonchev–Trinajstić information content (AvgIpc) is 2.69. The van der Waals surface area contributed by atoms with Gasteiger partial charge in [0.25, 0.3) is 5.91 Å². The highest BCUT2D eigenvalue weighted by Gasteiger charge is 2.13. The van der Waals surface area contributed by atoms with Gasteiger partial charge in [-0.1, -0.05) is 0 Å². The summed E-state index contributed by atoms with van der Waals surface area (Å²) in [5.41, 5.74) is 2.10. The molecule has 7 heteroatoms. The van der Waals surface area contributed by atoms with Crippen molar-refractivity contribution in [3.05, 3.63) is 45.6 Å². The zero-order valence-corrected chi connectivity index (χ0v) is 12.6. The fourth-order valence-corrected chi connectivity index (χ4v) is 3.04. The van der Waals surface area contributed by atoms with Gasteiger partial charge in [-0.3, -0.25) is 4.79 Å². The summed E-state index contributed by atoms with van der Waals surface area (Å²) < 4.78 is 22.3. The van der Waals surface area contributed by atoms with Crippen LogP contribution in [-0.2, 0) is 10.0 Å². The second-order valence-electron chi connectivity index (χ2n) is 4.35. The smallest absolute Gasteiger partial charge is 0.256 e. The van der Waals surface area contributed by atoms with Crippen molar-refractivity contribution in [2.75, 3.05) is 5.32 Å². The van der Waals surface area contributed by atoms with E-state index in [0.717, 1.165) is 10.4 Å². The lowest BCUT2D eigenvalue weighted by Crippen LogP contribution is -2.14. The molecule has 0 aliphatic heterocycles. The van der Waals surface area contributed by atoms with Gasteiger partial charge in [-0.2, -0.15) is 0 Å². The van der Waals surface area contributed by atoms with E-state index < -0.39 is 10.0 Å². The molecule has 0 atom stereocenters. The number of hydrogen-bond donors (Lipinski definition) is 2. The van der Waals surface area contributed by atoms with E-state index in [1.165, 1.54) is 35.6 Å². The maximum atomic E-state index is 12.1. The van der Waals surface area contributed by atoms with E-state index in [1.807, 2.05) is 13.8 Å². The van der Waals surface area contributed by atoms with Crippen molar-refractivity contribution < 1.29 is 13.2 Å². The molecule has 0 unspecified atom stereocenters. The Morgan fingerprint density at radius 1 is 1.20 bits per heavy atom. The van der Waals surface area contributed by atoms with E-state index in [9.17, 15) is 13.2 Å². The minimum Gasteiger partial charge on any atom is -0.322 e. The van der Waals surface area contributed by atoms with Crippen molar-refractivity contribution >= 4 is 33.0 Å². The van der Waals surface area contributed by atoms with Crippen molar-refractivity contribution in [3.8, 4) is 0 Å². The number of hydrogen-bond acceptors (Lipinski definition) is 4. The Labute approximate surface area is 121 Å². The zero-order valence-electron chi connectivity index (χ0n) is 11.0. The summed E-state index contributed by atoms with van der Waals surface area (Å²) in [7, 11) is -3.71. The van der Waals surface area contributed by atoms with Crippen LogP contribution >= 0.6 is 11.3 Å². The molecule has 2 aromatic rings. The van der Waals surface area contributed by atoms with Crippen molar-refractivity contribution in [1.29, 1.82) is 0 Å². The monoisotopic (exact) mass is 310 g/mol. The number of rotatable bonds is 3. The highest BCUT2D eigenvalue weighted by atomic mass is 32.2. The third-order valence-corrected chi connectivity index (χ3v) is 4.91. The van der Waals surface area contributed by atoms with Crippen LogP contribution in [0, 0.1) is 13.8 Å². The van der Waals surface area contributed by atoms with E-state index in [-0.39, 0.29) is 10.8 Å². The second kappa shape index (κ2) is 5.35.